The van der Waals surface area contributed by atoms with Crippen molar-refractivity contribution in [3.63, 3.8) is 0 Å². The zero-order valence-electron chi connectivity index (χ0n) is 36.3. The van der Waals surface area contributed by atoms with Crippen LogP contribution in [0.4, 0.5) is 0 Å². The van der Waals surface area contributed by atoms with E-state index in [-0.39, 0.29) is 56.4 Å². The first-order valence-corrected chi connectivity index (χ1v) is 21.3. The van der Waals surface area contributed by atoms with Gasteiger partial charge < -0.3 is 53.5 Å². The number of carbonyl (C=O) groups excluding carboxylic acids is 6. The zero-order chi connectivity index (χ0) is 45.2. The fourth-order valence-corrected chi connectivity index (χ4v) is 7.66. The lowest BCUT2D eigenvalue weighted by Gasteiger charge is -2.40. The quantitative estimate of drug-likeness (QED) is 0.0382. The van der Waals surface area contributed by atoms with E-state index in [0.717, 1.165) is 40.1 Å². The molecule has 0 radical (unpaired) electrons. The van der Waals surface area contributed by atoms with E-state index in [1.807, 2.05) is 75.4 Å². The Morgan fingerprint density at radius 1 is 0.839 bits per heavy atom. The van der Waals surface area contributed by atoms with Crippen molar-refractivity contribution in [2.24, 2.45) is 22.2 Å². The normalized spacial score (nSPS) is 17.3. The lowest BCUT2D eigenvalue weighted by atomic mass is 9.73. The number of amides is 6. The molecule has 4 rings (SSSR count). The molecule has 1 fully saturated rings. The van der Waals surface area contributed by atoms with Gasteiger partial charge in [0.05, 0.1) is 13.7 Å². The summed E-state index contributed by atoms with van der Waals surface area (Å²) in [6, 6.07) is 13.4. The van der Waals surface area contributed by atoms with Crippen LogP contribution in [0.2, 0.25) is 0 Å². The van der Waals surface area contributed by atoms with Crippen molar-refractivity contribution in [1.29, 1.82) is 0 Å². The highest BCUT2D eigenvalue weighted by Gasteiger charge is 2.44. The number of ether oxygens (including phenoxy) is 1. The van der Waals surface area contributed by atoms with Gasteiger partial charge in [-0.3, -0.25) is 33.8 Å². The van der Waals surface area contributed by atoms with Crippen molar-refractivity contribution in [3.05, 3.63) is 88.7 Å². The number of nitrogens with two attached hydrogens (primary N) is 3. The lowest BCUT2D eigenvalue weighted by molar-refractivity contribution is -0.138. The molecule has 17 heteroatoms. The van der Waals surface area contributed by atoms with E-state index in [2.05, 4.69) is 36.6 Å². The number of H-pyrrole nitrogens is 1. The number of aliphatic imine (C=N–C) groups is 1. The molecule has 0 saturated heterocycles. The summed E-state index contributed by atoms with van der Waals surface area (Å²) in [5.74, 6) is -2.76. The Morgan fingerprint density at radius 2 is 1.48 bits per heavy atom. The number of aromatic nitrogens is 1. The smallest absolute Gasteiger partial charge is 0.246 e. The number of nitrogens with one attached hydrogen (secondary N) is 6. The first-order valence-electron chi connectivity index (χ1n) is 21.3. The minimum absolute atomic E-state index is 0.0580. The average Bonchev–Trinajstić information content (AvgIpc) is 3.57. The second-order valence-electron chi connectivity index (χ2n) is 16.0. The van der Waals surface area contributed by atoms with Gasteiger partial charge in [0, 0.05) is 37.7 Å². The fraction of sp³-hybridized carbons (Fsp3) is 0.489. The van der Waals surface area contributed by atoms with E-state index in [1.165, 1.54) is 0 Å². The molecule has 17 nitrogen and oxygen atoms in total. The number of aryl methyl sites for hydroxylation is 1. The third-order valence-electron chi connectivity index (χ3n) is 11.5. The third kappa shape index (κ3) is 14.4. The number of unbranched alkanes of at least 4 members (excludes halogenated alkanes) is 1. The van der Waals surface area contributed by atoms with E-state index >= 15 is 0 Å². The summed E-state index contributed by atoms with van der Waals surface area (Å²) in [6.07, 6.45) is 5.80. The molecule has 2 unspecified atom stereocenters. The van der Waals surface area contributed by atoms with Gasteiger partial charge in [-0.05, 0) is 99.1 Å². The van der Waals surface area contributed by atoms with Gasteiger partial charge in [0.1, 0.15) is 29.4 Å². The predicted octanol–water partition coefficient (Wildman–Crippen LogP) is 1.94. The predicted molar refractivity (Wildman–Crippen MR) is 237 cm³/mol. The molecule has 0 aliphatic heterocycles. The Labute approximate surface area is 363 Å². The van der Waals surface area contributed by atoms with Crippen LogP contribution in [0.1, 0.15) is 98.6 Å². The van der Waals surface area contributed by atoms with Gasteiger partial charge in [0.2, 0.25) is 35.4 Å². The Hall–Kier alpha value is -6.39. The summed E-state index contributed by atoms with van der Waals surface area (Å²) in [5, 5.41) is 14.1. The second kappa shape index (κ2) is 23.6. The van der Waals surface area contributed by atoms with E-state index in [0.29, 0.717) is 32.1 Å². The highest BCUT2D eigenvalue weighted by molar-refractivity contribution is 5.97. The van der Waals surface area contributed by atoms with Crippen LogP contribution in [0.3, 0.4) is 0 Å². The topological polar surface area (TPSA) is 278 Å². The maximum Gasteiger partial charge on any atom is 0.246 e. The molecule has 1 heterocycles. The highest BCUT2D eigenvalue weighted by Crippen LogP contribution is 2.39. The number of hydrogen-bond acceptors (Lipinski definition) is 8. The third-order valence-corrected chi connectivity index (χ3v) is 11.5. The molecule has 0 bridgehead atoms. The minimum atomic E-state index is -1.29. The number of guanidine groups is 1. The van der Waals surface area contributed by atoms with Gasteiger partial charge in [0.25, 0.3) is 0 Å². The first-order chi connectivity index (χ1) is 29.6. The van der Waals surface area contributed by atoms with Crippen molar-refractivity contribution in [3.8, 4) is 5.75 Å². The number of methoxy groups -OCH3 is 1. The van der Waals surface area contributed by atoms with Crippen molar-refractivity contribution in [1.82, 2.24) is 31.6 Å². The SMILES string of the molecule is CCCCC(=O)NC1(C(=O)NC(Cc2ccccc2)C(=O)NC(CCCN=C(N)N)C(=O)N[C@@H](Cc2c[nH]c(C)c2C)C(=O)NCC(N)=O)CCC(c2ccc(OC)cc2)CC1. The van der Waals surface area contributed by atoms with Gasteiger partial charge in [-0.25, -0.2) is 0 Å². The van der Waals surface area contributed by atoms with Crippen molar-refractivity contribution < 1.29 is 33.5 Å². The molecule has 1 aliphatic carbocycles. The largest absolute Gasteiger partial charge is 0.497 e. The Kier molecular flexibility index (Phi) is 18.4. The molecule has 336 valence electrons. The van der Waals surface area contributed by atoms with Crippen LogP contribution in [0, 0.1) is 13.8 Å². The molecule has 3 aromatic rings. The fourth-order valence-electron chi connectivity index (χ4n) is 7.66. The number of hydrogen-bond donors (Lipinski definition) is 9. The van der Waals surface area contributed by atoms with Crippen molar-refractivity contribution in [2.75, 3.05) is 20.2 Å². The molecule has 6 amide bonds. The average molecular weight is 857 g/mol. The summed E-state index contributed by atoms with van der Waals surface area (Å²) < 4.78 is 5.33. The van der Waals surface area contributed by atoms with E-state index in [1.54, 1.807) is 13.3 Å². The molecule has 1 aliphatic rings. The summed E-state index contributed by atoms with van der Waals surface area (Å²) in [5.41, 5.74) is 19.5. The Morgan fingerprint density at radius 3 is 2.08 bits per heavy atom. The maximum atomic E-state index is 14.7. The molecule has 62 heavy (non-hydrogen) atoms. The van der Waals surface area contributed by atoms with Gasteiger partial charge in [-0.2, -0.15) is 0 Å². The van der Waals surface area contributed by atoms with Gasteiger partial charge in [0.15, 0.2) is 5.96 Å². The summed E-state index contributed by atoms with van der Waals surface area (Å²) in [6.45, 7) is 5.44. The summed E-state index contributed by atoms with van der Waals surface area (Å²) in [7, 11) is 1.61. The minimum Gasteiger partial charge on any atom is -0.497 e. The van der Waals surface area contributed by atoms with E-state index in [4.69, 9.17) is 21.9 Å². The highest BCUT2D eigenvalue weighted by atomic mass is 16.5. The van der Waals surface area contributed by atoms with E-state index < -0.39 is 59.7 Å². The maximum absolute atomic E-state index is 14.7. The Balaban J connectivity index is 1.63. The Bertz CT molecular complexity index is 2010. The van der Waals surface area contributed by atoms with Crippen LogP contribution in [-0.2, 0) is 41.6 Å². The molecule has 2 aromatic carbocycles. The molecule has 1 saturated carbocycles. The summed E-state index contributed by atoms with van der Waals surface area (Å²) >= 11 is 0. The molecule has 3 atom stereocenters. The van der Waals surface area contributed by atoms with Gasteiger partial charge in [-0.15, -0.1) is 0 Å². The number of benzene rings is 2. The van der Waals surface area contributed by atoms with E-state index in [9.17, 15) is 28.8 Å². The second-order valence-corrected chi connectivity index (χ2v) is 16.0. The number of carbonyl (C=O) groups is 6. The van der Waals surface area contributed by atoms with Crippen molar-refractivity contribution in [2.45, 2.75) is 121 Å². The van der Waals surface area contributed by atoms with Crippen LogP contribution >= 0.6 is 0 Å². The number of primary amides is 1. The van der Waals surface area contributed by atoms with Crippen LogP contribution in [0.25, 0.3) is 0 Å². The van der Waals surface area contributed by atoms with Crippen LogP contribution in [0.5, 0.6) is 5.75 Å². The standard InChI is InChI=1S/C45H64N10O7/c1-5-6-14-39(57)55-45(21-19-32(20-22-45)31-15-17-34(62-4)18-16-31)43(61)54-36(24-30-11-8-7-9-12-30)42(60)52-35(13-10-23-49-44(47)48)41(59)53-37(40(58)51-27-38(46)56)25-33-26-50-29(3)28(33)2/h7-9,11-12,15-18,26,32,35-37,50H,5-6,10,13-14,19-25,27H2,1-4H3,(H2,46,56)(H,51,58)(H,52,60)(H,53,59)(H,54,61)(H,55,57)(H4,47,48,49)/t32?,35?,36?,37-,45?/m0/s1. The zero-order valence-corrected chi connectivity index (χ0v) is 36.3. The van der Waals surface area contributed by atoms with Gasteiger partial charge >= 0.3 is 0 Å². The monoisotopic (exact) mass is 856 g/mol. The number of aromatic amines is 1. The van der Waals surface area contributed by atoms with Crippen molar-refractivity contribution >= 4 is 41.4 Å². The molecule has 12 N–H and O–H groups in total. The van der Waals surface area contributed by atoms with Gasteiger partial charge in [-0.1, -0.05) is 55.8 Å². The number of nitrogens with zero attached hydrogens (tertiary/aromatic N) is 1. The summed E-state index contributed by atoms with van der Waals surface area (Å²) in [4.78, 5) is 88.8. The van der Waals surface area contributed by atoms with Crippen LogP contribution < -0.4 is 48.5 Å². The number of rotatable bonds is 23. The molecule has 1 aromatic heterocycles. The van der Waals surface area contributed by atoms with Crippen LogP contribution in [0.15, 0.2) is 65.8 Å². The first kappa shape index (κ1) is 48.3. The molecule has 0 spiro atoms. The molecular weight excluding hydrogens is 793 g/mol. The lowest BCUT2D eigenvalue weighted by Crippen LogP contribution is -2.64. The molecular formula is C45H64N10O7. The van der Waals surface area contributed by atoms with Crippen LogP contribution in [-0.4, -0.2) is 90.3 Å².